The van der Waals surface area contributed by atoms with Gasteiger partial charge in [-0.3, -0.25) is 4.57 Å². The highest BCUT2D eigenvalue weighted by Crippen LogP contribution is 2.23. The second-order valence-electron chi connectivity index (χ2n) is 7.34. The van der Waals surface area contributed by atoms with E-state index in [-0.39, 0.29) is 5.69 Å². The summed E-state index contributed by atoms with van der Waals surface area (Å²) in [5.74, 6) is 0. The van der Waals surface area contributed by atoms with Crippen LogP contribution in [0.1, 0.15) is 30.0 Å². The van der Waals surface area contributed by atoms with Crippen LogP contribution >= 0.6 is 12.2 Å². The van der Waals surface area contributed by atoms with Gasteiger partial charge in [0.2, 0.25) is 0 Å². The van der Waals surface area contributed by atoms with Crippen molar-refractivity contribution >= 4 is 28.7 Å². The lowest BCUT2D eigenvalue weighted by molar-refractivity contribution is 0.221. The van der Waals surface area contributed by atoms with Crippen LogP contribution in [0.3, 0.4) is 0 Å². The summed E-state index contributed by atoms with van der Waals surface area (Å²) in [6.07, 6.45) is 2.11. The molecule has 6 heteroatoms. The van der Waals surface area contributed by atoms with Crippen LogP contribution in [0.2, 0.25) is 0 Å². The summed E-state index contributed by atoms with van der Waals surface area (Å²) >= 11 is 4.64. The van der Waals surface area contributed by atoms with Crippen molar-refractivity contribution in [2.24, 2.45) is 0 Å². The number of piperidine rings is 1. The first-order valence-electron chi connectivity index (χ1n) is 9.69. The Morgan fingerprint density at radius 3 is 2.50 bits per heavy atom. The highest BCUT2D eigenvalue weighted by atomic mass is 32.1. The number of para-hydroxylation sites is 2. The zero-order chi connectivity index (χ0) is 19.9. The molecule has 1 aliphatic heterocycles. The minimum atomic E-state index is 0.0285. The number of fused-ring (bicyclic) bond motifs is 1. The number of hydrogen-bond acceptors (Lipinski definition) is 3. The Hall–Kier alpha value is -2.44. The van der Waals surface area contributed by atoms with E-state index in [1.54, 1.807) is 5.49 Å². The SMILES string of the molecule is CN1CCC(n2c(=O)[nH]c3ccccc32)CC1.Cc1ccc(CNC=S)cc1. The fourth-order valence-corrected chi connectivity index (χ4v) is 3.64. The summed E-state index contributed by atoms with van der Waals surface area (Å²) in [6, 6.07) is 16.7. The third-order valence-corrected chi connectivity index (χ3v) is 5.35. The maximum Gasteiger partial charge on any atom is 0.326 e. The van der Waals surface area contributed by atoms with Crippen LogP contribution in [0.5, 0.6) is 0 Å². The molecule has 2 aromatic carbocycles. The lowest BCUT2D eigenvalue weighted by Crippen LogP contribution is -2.34. The van der Waals surface area contributed by atoms with Gasteiger partial charge in [-0.15, -0.1) is 0 Å². The fourth-order valence-electron chi connectivity index (χ4n) is 3.56. The third-order valence-electron chi connectivity index (χ3n) is 5.19. The van der Waals surface area contributed by atoms with Crippen molar-refractivity contribution in [1.29, 1.82) is 0 Å². The third kappa shape index (κ3) is 5.09. The molecule has 1 aromatic heterocycles. The molecule has 5 nitrogen and oxygen atoms in total. The molecule has 0 radical (unpaired) electrons. The molecule has 3 aromatic rings. The van der Waals surface area contributed by atoms with Gasteiger partial charge in [-0.05, 0) is 57.6 Å². The summed E-state index contributed by atoms with van der Waals surface area (Å²) in [5.41, 5.74) is 6.09. The number of nitrogens with one attached hydrogen (secondary N) is 2. The highest BCUT2D eigenvalue weighted by Gasteiger charge is 2.21. The predicted octanol–water partition coefficient (Wildman–Crippen LogP) is 3.64. The van der Waals surface area contributed by atoms with Crippen molar-refractivity contribution in [3.05, 3.63) is 70.1 Å². The molecular formula is C22H28N4OS. The second kappa shape index (κ2) is 9.66. The van der Waals surface area contributed by atoms with Crippen LogP contribution in [0, 0.1) is 6.92 Å². The summed E-state index contributed by atoms with van der Waals surface area (Å²) in [5, 5.41) is 2.97. The molecule has 2 N–H and O–H groups in total. The molecule has 0 amide bonds. The summed E-state index contributed by atoms with van der Waals surface area (Å²) in [6.45, 7) is 5.04. The minimum Gasteiger partial charge on any atom is -0.378 e. The second-order valence-corrected chi connectivity index (χ2v) is 7.57. The lowest BCUT2D eigenvalue weighted by atomic mass is 10.1. The van der Waals surface area contributed by atoms with E-state index in [1.165, 1.54) is 11.1 Å². The van der Waals surface area contributed by atoms with E-state index in [4.69, 9.17) is 0 Å². The molecule has 0 bridgehead atoms. The number of benzene rings is 2. The Morgan fingerprint density at radius 2 is 1.82 bits per heavy atom. The van der Waals surface area contributed by atoms with Gasteiger partial charge >= 0.3 is 5.69 Å². The minimum absolute atomic E-state index is 0.0285. The smallest absolute Gasteiger partial charge is 0.326 e. The van der Waals surface area contributed by atoms with E-state index in [1.807, 2.05) is 28.8 Å². The molecule has 2 heterocycles. The number of likely N-dealkylation sites (tertiary alicyclic amines) is 1. The molecule has 0 spiro atoms. The normalized spacial score (nSPS) is 15.1. The molecule has 0 atom stereocenters. The Labute approximate surface area is 171 Å². The van der Waals surface area contributed by atoms with Crippen LogP contribution in [0.15, 0.2) is 53.3 Å². The molecule has 1 saturated heterocycles. The largest absolute Gasteiger partial charge is 0.378 e. The molecule has 0 unspecified atom stereocenters. The fraction of sp³-hybridized carbons (Fsp3) is 0.364. The lowest BCUT2D eigenvalue weighted by Gasteiger charge is -2.29. The van der Waals surface area contributed by atoms with E-state index in [2.05, 4.69) is 65.7 Å². The number of H-pyrrole nitrogens is 1. The van der Waals surface area contributed by atoms with Crippen LogP contribution < -0.4 is 11.0 Å². The van der Waals surface area contributed by atoms with Crippen molar-refractivity contribution in [2.75, 3.05) is 20.1 Å². The number of rotatable bonds is 4. The Bertz CT molecular complexity index is 953. The zero-order valence-corrected chi connectivity index (χ0v) is 17.3. The van der Waals surface area contributed by atoms with Crippen LogP contribution in [-0.4, -0.2) is 40.1 Å². The van der Waals surface area contributed by atoms with E-state index in [9.17, 15) is 4.79 Å². The number of aryl methyl sites for hydroxylation is 1. The van der Waals surface area contributed by atoms with Crippen LogP contribution in [0.4, 0.5) is 0 Å². The van der Waals surface area contributed by atoms with Gasteiger partial charge in [0.25, 0.3) is 0 Å². The van der Waals surface area contributed by atoms with Gasteiger partial charge in [-0.2, -0.15) is 0 Å². The Morgan fingerprint density at radius 1 is 1.14 bits per heavy atom. The average molecular weight is 397 g/mol. The number of hydrogen-bond donors (Lipinski definition) is 2. The number of aromatic amines is 1. The highest BCUT2D eigenvalue weighted by molar-refractivity contribution is 7.78. The molecule has 4 rings (SSSR count). The molecular weight excluding hydrogens is 368 g/mol. The van der Waals surface area contributed by atoms with Gasteiger partial charge in [0.05, 0.1) is 16.5 Å². The number of imidazole rings is 1. The Balaban J connectivity index is 0.000000178. The van der Waals surface area contributed by atoms with Crippen LogP contribution in [-0.2, 0) is 6.54 Å². The summed E-state index contributed by atoms with van der Waals surface area (Å²) < 4.78 is 1.93. The van der Waals surface area contributed by atoms with Gasteiger partial charge in [0.1, 0.15) is 0 Å². The van der Waals surface area contributed by atoms with Gasteiger partial charge in [0.15, 0.2) is 0 Å². The van der Waals surface area contributed by atoms with Gasteiger partial charge in [-0.1, -0.05) is 54.2 Å². The van der Waals surface area contributed by atoms with Crippen molar-refractivity contribution in [1.82, 2.24) is 19.8 Å². The molecule has 1 aliphatic rings. The predicted molar refractivity (Wildman–Crippen MR) is 120 cm³/mol. The molecule has 0 saturated carbocycles. The summed E-state index contributed by atoms with van der Waals surface area (Å²) in [7, 11) is 2.13. The molecule has 1 fully saturated rings. The number of thiocarbonyl (C=S) groups is 1. The standard InChI is InChI=1S/C13H17N3O.C9H11NS/c1-15-8-6-10(7-9-15)16-12-5-3-2-4-11(12)14-13(16)17;1-8-2-4-9(5-3-8)6-10-7-11/h2-5,10H,6-9H2,1H3,(H,14,17);2-5,7H,6H2,1H3,(H,10,11). The first kappa shape index (κ1) is 20.3. The Kier molecular flexibility index (Phi) is 7.01. The van der Waals surface area contributed by atoms with E-state index in [0.29, 0.717) is 6.04 Å². The average Bonchev–Trinajstić information content (AvgIpc) is 3.04. The molecule has 0 aliphatic carbocycles. The topological polar surface area (TPSA) is 53.1 Å². The van der Waals surface area contributed by atoms with E-state index in [0.717, 1.165) is 43.5 Å². The molecule has 148 valence electrons. The number of aromatic nitrogens is 2. The van der Waals surface area contributed by atoms with Crippen molar-refractivity contribution < 1.29 is 0 Å². The van der Waals surface area contributed by atoms with Crippen molar-refractivity contribution in [3.8, 4) is 0 Å². The van der Waals surface area contributed by atoms with Crippen molar-refractivity contribution in [3.63, 3.8) is 0 Å². The van der Waals surface area contributed by atoms with E-state index >= 15 is 0 Å². The first-order valence-corrected chi connectivity index (χ1v) is 10.2. The van der Waals surface area contributed by atoms with Gasteiger partial charge in [0, 0.05) is 12.6 Å². The van der Waals surface area contributed by atoms with Gasteiger partial charge in [-0.25, -0.2) is 4.79 Å². The quantitative estimate of drug-likeness (QED) is 0.661. The zero-order valence-electron chi connectivity index (χ0n) is 16.5. The maximum absolute atomic E-state index is 12.0. The van der Waals surface area contributed by atoms with E-state index < -0.39 is 0 Å². The van der Waals surface area contributed by atoms with Crippen molar-refractivity contribution in [2.45, 2.75) is 32.4 Å². The summed E-state index contributed by atoms with van der Waals surface area (Å²) in [4.78, 5) is 17.3. The maximum atomic E-state index is 12.0. The molecule has 28 heavy (non-hydrogen) atoms. The number of nitrogens with zero attached hydrogens (tertiary/aromatic N) is 2. The van der Waals surface area contributed by atoms with Crippen LogP contribution in [0.25, 0.3) is 11.0 Å². The van der Waals surface area contributed by atoms with Gasteiger partial charge < -0.3 is 15.2 Å². The monoisotopic (exact) mass is 396 g/mol. The first-order chi connectivity index (χ1) is 13.6.